The van der Waals surface area contributed by atoms with Crippen LogP contribution in [0.3, 0.4) is 0 Å². The number of amides is 1. The summed E-state index contributed by atoms with van der Waals surface area (Å²) in [4.78, 5) is 20.3. The van der Waals surface area contributed by atoms with Crippen LogP contribution < -0.4 is 10.6 Å². The minimum Gasteiger partial charge on any atom is -0.368 e. The molecule has 1 heterocycles. The summed E-state index contributed by atoms with van der Waals surface area (Å²) < 4.78 is 26.4. The molecule has 7 heteroatoms. The standard InChI is InChI=1S/C20H18F2N4O/c21-16-7-5-14(6-8-16)11-26-20(27)18-12-25-19(13-24-18)23-10-9-15-3-1-2-4-17(15)22/h1-8,12-13H,9-11H2,(H,23,25)(H,26,27). The maximum absolute atomic E-state index is 13.6. The molecule has 3 rings (SSSR count). The molecular weight excluding hydrogens is 350 g/mol. The predicted octanol–water partition coefficient (Wildman–Crippen LogP) is 3.34. The van der Waals surface area contributed by atoms with Crippen molar-refractivity contribution < 1.29 is 13.6 Å². The van der Waals surface area contributed by atoms with Crippen LogP contribution in [0, 0.1) is 11.6 Å². The molecule has 0 saturated heterocycles. The summed E-state index contributed by atoms with van der Waals surface area (Å²) in [7, 11) is 0. The van der Waals surface area contributed by atoms with Gasteiger partial charge in [-0.1, -0.05) is 30.3 Å². The van der Waals surface area contributed by atoms with Crippen molar-refractivity contribution in [2.45, 2.75) is 13.0 Å². The van der Waals surface area contributed by atoms with E-state index in [9.17, 15) is 13.6 Å². The molecule has 5 nitrogen and oxygen atoms in total. The molecule has 0 aliphatic rings. The topological polar surface area (TPSA) is 66.9 Å². The Bertz CT molecular complexity index is 899. The first kappa shape index (κ1) is 18.4. The van der Waals surface area contributed by atoms with E-state index in [1.807, 2.05) is 0 Å². The highest BCUT2D eigenvalue weighted by atomic mass is 19.1. The number of nitrogens with zero attached hydrogens (tertiary/aromatic N) is 2. The Kier molecular flexibility index (Phi) is 6.04. The van der Waals surface area contributed by atoms with Gasteiger partial charge in [-0.2, -0.15) is 0 Å². The molecular formula is C20H18F2N4O. The maximum Gasteiger partial charge on any atom is 0.271 e. The van der Waals surface area contributed by atoms with Crippen molar-refractivity contribution in [2.75, 3.05) is 11.9 Å². The van der Waals surface area contributed by atoms with Crippen molar-refractivity contribution in [1.29, 1.82) is 0 Å². The lowest BCUT2D eigenvalue weighted by Crippen LogP contribution is -2.24. The van der Waals surface area contributed by atoms with Gasteiger partial charge in [0, 0.05) is 13.1 Å². The lowest BCUT2D eigenvalue weighted by Gasteiger charge is -2.07. The summed E-state index contributed by atoms with van der Waals surface area (Å²) in [5, 5.41) is 5.74. The maximum atomic E-state index is 13.6. The SMILES string of the molecule is O=C(NCc1ccc(F)cc1)c1cnc(NCCc2ccccc2F)cn1. The van der Waals surface area contributed by atoms with E-state index in [-0.39, 0.29) is 29.8 Å². The van der Waals surface area contributed by atoms with Crippen molar-refractivity contribution >= 4 is 11.7 Å². The van der Waals surface area contributed by atoms with Crippen molar-refractivity contribution in [1.82, 2.24) is 15.3 Å². The summed E-state index contributed by atoms with van der Waals surface area (Å²) >= 11 is 0. The van der Waals surface area contributed by atoms with Gasteiger partial charge in [-0.25, -0.2) is 18.7 Å². The van der Waals surface area contributed by atoms with E-state index < -0.39 is 0 Å². The zero-order valence-electron chi connectivity index (χ0n) is 14.5. The Morgan fingerprint density at radius 3 is 2.44 bits per heavy atom. The Labute approximate surface area is 155 Å². The lowest BCUT2D eigenvalue weighted by atomic mass is 10.1. The highest BCUT2D eigenvalue weighted by Gasteiger charge is 2.08. The molecule has 0 atom stereocenters. The van der Waals surface area contributed by atoms with Gasteiger partial charge in [0.15, 0.2) is 0 Å². The number of carbonyl (C=O) groups excluding carboxylic acids is 1. The molecule has 0 spiro atoms. The van der Waals surface area contributed by atoms with Crippen LogP contribution in [0.5, 0.6) is 0 Å². The average Bonchev–Trinajstić information content (AvgIpc) is 2.69. The fourth-order valence-corrected chi connectivity index (χ4v) is 2.44. The van der Waals surface area contributed by atoms with Gasteiger partial charge in [-0.05, 0) is 35.7 Å². The molecule has 138 valence electrons. The summed E-state index contributed by atoms with van der Waals surface area (Å²) in [5.41, 5.74) is 1.58. The molecule has 0 bridgehead atoms. The van der Waals surface area contributed by atoms with E-state index in [0.717, 1.165) is 5.56 Å². The van der Waals surface area contributed by atoms with Gasteiger partial charge in [0.1, 0.15) is 23.1 Å². The molecule has 0 unspecified atom stereocenters. The Morgan fingerprint density at radius 2 is 1.74 bits per heavy atom. The molecule has 0 aliphatic heterocycles. The van der Waals surface area contributed by atoms with Crippen molar-refractivity contribution in [2.24, 2.45) is 0 Å². The van der Waals surface area contributed by atoms with Crippen LogP contribution in [-0.2, 0) is 13.0 Å². The first-order valence-electron chi connectivity index (χ1n) is 8.44. The van der Waals surface area contributed by atoms with Gasteiger partial charge in [0.2, 0.25) is 0 Å². The average molecular weight is 368 g/mol. The van der Waals surface area contributed by atoms with Gasteiger partial charge < -0.3 is 10.6 Å². The third-order valence-electron chi connectivity index (χ3n) is 3.91. The molecule has 0 fully saturated rings. The Balaban J connectivity index is 1.48. The number of hydrogen-bond donors (Lipinski definition) is 2. The zero-order valence-corrected chi connectivity index (χ0v) is 14.5. The van der Waals surface area contributed by atoms with E-state index in [1.165, 1.54) is 30.6 Å². The minimum atomic E-state index is -0.371. The van der Waals surface area contributed by atoms with Crippen LogP contribution in [0.15, 0.2) is 60.9 Å². The third-order valence-corrected chi connectivity index (χ3v) is 3.91. The van der Waals surface area contributed by atoms with E-state index in [0.29, 0.717) is 24.3 Å². The molecule has 2 N–H and O–H groups in total. The number of benzene rings is 2. The number of anilines is 1. The van der Waals surface area contributed by atoms with Crippen LogP contribution >= 0.6 is 0 Å². The Hall–Kier alpha value is -3.35. The molecule has 0 aliphatic carbocycles. The van der Waals surface area contributed by atoms with Crippen molar-refractivity contribution in [3.05, 3.63) is 89.4 Å². The van der Waals surface area contributed by atoms with Gasteiger partial charge >= 0.3 is 0 Å². The first-order chi connectivity index (χ1) is 13.1. The Morgan fingerprint density at radius 1 is 0.963 bits per heavy atom. The molecule has 1 amide bonds. The van der Waals surface area contributed by atoms with Gasteiger partial charge in [0.25, 0.3) is 5.91 Å². The number of hydrogen-bond acceptors (Lipinski definition) is 4. The van der Waals surface area contributed by atoms with Gasteiger partial charge in [-0.3, -0.25) is 4.79 Å². The first-order valence-corrected chi connectivity index (χ1v) is 8.44. The highest BCUT2D eigenvalue weighted by Crippen LogP contribution is 2.08. The molecule has 0 saturated carbocycles. The zero-order chi connectivity index (χ0) is 19.1. The number of halogens is 2. The van der Waals surface area contributed by atoms with Crippen LogP contribution in [0.25, 0.3) is 0 Å². The van der Waals surface area contributed by atoms with Crippen molar-refractivity contribution in [3.8, 4) is 0 Å². The lowest BCUT2D eigenvalue weighted by molar-refractivity contribution is 0.0945. The molecule has 2 aromatic carbocycles. The smallest absolute Gasteiger partial charge is 0.271 e. The number of carbonyl (C=O) groups is 1. The monoisotopic (exact) mass is 368 g/mol. The van der Waals surface area contributed by atoms with Crippen molar-refractivity contribution in [3.63, 3.8) is 0 Å². The van der Waals surface area contributed by atoms with Crippen LogP contribution in [0.1, 0.15) is 21.6 Å². The fraction of sp³-hybridized carbons (Fsp3) is 0.150. The minimum absolute atomic E-state index is 0.178. The normalized spacial score (nSPS) is 10.4. The molecule has 27 heavy (non-hydrogen) atoms. The predicted molar refractivity (Wildman–Crippen MR) is 98.2 cm³/mol. The highest BCUT2D eigenvalue weighted by molar-refractivity contribution is 5.91. The second-order valence-electron chi connectivity index (χ2n) is 5.86. The second-order valence-corrected chi connectivity index (χ2v) is 5.86. The van der Waals surface area contributed by atoms with Gasteiger partial charge in [0.05, 0.1) is 12.4 Å². The quantitative estimate of drug-likeness (QED) is 0.671. The van der Waals surface area contributed by atoms with E-state index in [1.54, 1.807) is 30.3 Å². The van der Waals surface area contributed by atoms with Crippen LogP contribution in [-0.4, -0.2) is 22.4 Å². The van der Waals surface area contributed by atoms with E-state index in [2.05, 4.69) is 20.6 Å². The molecule has 1 aromatic heterocycles. The summed E-state index contributed by atoms with van der Waals surface area (Å²) in [6.07, 6.45) is 3.33. The summed E-state index contributed by atoms with van der Waals surface area (Å²) in [5.74, 6) is -0.432. The number of aromatic nitrogens is 2. The number of rotatable bonds is 7. The van der Waals surface area contributed by atoms with E-state index in [4.69, 9.17) is 0 Å². The summed E-state index contributed by atoms with van der Waals surface area (Å²) in [6, 6.07) is 12.5. The molecule has 3 aromatic rings. The van der Waals surface area contributed by atoms with E-state index >= 15 is 0 Å². The fourth-order valence-electron chi connectivity index (χ4n) is 2.44. The van der Waals surface area contributed by atoms with Gasteiger partial charge in [-0.15, -0.1) is 0 Å². The van der Waals surface area contributed by atoms with Crippen LogP contribution in [0.2, 0.25) is 0 Å². The number of nitrogens with one attached hydrogen (secondary N) is 2. The molecule has 0 radical (unpaired) electrons. The summed E-state index contributed by atoms with van der Waals surface area (Å²) in [6.45, 7) is 0.759. The third kappa shape index (κ3) is 5.31. The van der Waals surface area contributed by atoms with Crippen LogP contribution in [0.4, 0.5) is 14.6 Å². The largest absolute Gasteiger partial charge is 0.368 e. The second kappa shape index (κ2) is 8.84.